The quantitative estimate of drug-likeness (QED) is 0.201. The fraction of sp³-hybridized carbons (Fsp3) is 0.0556. The zero-order chi connectivity index (χ0) is 26.2. The molecule has 2 heteroatoms. The van der Waals surface area contributed by atoms with E-state index in [4.69, 9.17) is 9.47 Å². The normalized spacial score (nSPS) is 11.7. The van der Waals surface area contributed by atoms with E-state index in [2.05, 4.69) is 109 Å². The molecule has 5 rings (SSSR count). The molecule has 0 heterocycles. The number of rotatable bonds is 8. The summed E-state index contributed by atoms with van der Waals surface area (Å²) < 4.78 is 10.7. The molecular weight excluding hydrogens is 464 g/mol. The molecule has 0 spiro atoms. The third-order valence-corrected chi connectivity index (χ3v) is 6.53. The lowest BCUT2D eigenvalue weighted by Gasteiger charge is -2.11. The topological polar surface area (TPSA) is 18.5 Å². The minimum Gasteiger partial charge on any atom is -0.497 e. The van der Waals surface area contributed by atoms with Crippen LogP contribution in [0, 0.1) is 0 Å². The van der Waals surface area contributed by atoms with E-state index in [1.54, 1.807) is 14.2 Å². The Morgan fingerprint density at radius 1 is 0.395 bits per heavy atom. The summed E-state index contributed by atoms with van der Waals surface area (Å²) in [5.41, 5.74) is 9.25. The highest BCUT2D eigenvalue weighted by molar-refractivity contribution is 5.93. The predicted octanol–water partition coefficient (Wildman–Crippen LogP) is 8.88. The van der Waals surface area contributed by atoms with Crippen LogP contribution < -0.4 is 9.47 Å². The molecule has 0 aliphatic carbocycles. The maximum absolute atomic E-state index is 5.36. The molecule has 186 valence electrons. The van der Waals surface area contributed by atoms with Crippen LogP contribution in [-0.4, -0.2) is 14.2 Å². The summed E-state index contributed by atoms with van der Waals surface area (Å²) in [4.78, 5) is 0. The molecule has 0 saturated carbocycles. The largest absolute Gasteiger partial charge is 0.497 e. The van der Waals surface area contributed by atoms with E-state index in [1.165, 1.54) is 22.3 Å². The number of ether oxygens (including phenoxy) is 2. The average Bonchev–Trinajstić information content (AvgIpc) is 3.00. The lowest BCUT2D eigenvalue weighted by molar-refractivity contribution is 0.414. The Bertz CT molecular complexity index is 1390. The van der Waals surface area contributed by atoms with Crippen molar-refractivity contribution in [3.8, 4) is 11.5 Å². The van der Waals surface area contributed by atoms with E-state index in [-0.39, 0.29) is 0 Å². The van der Waals surface area contributed by atoms with E-state index in [1.807, 2.05) is 36.4 Å². The molecule has 0 aromatic heterocycles. The van der Waals surface area contributed by atoms with Crippen molar-refractivity contribution in [3.05, 3.63) is 167 Å². The highest BCUT2D eigenvalue weighted by Crippen LogP contribution is 2.30. The van der Waals surface area contributed by atoms with Gasteiger partial charge in [-0.3, -0.25) is 0 Å². The third kappa shape index (κ3) is 5.93. The summed E-state index contributed by atoms with van der Waals surface area (Å²) >= 11 is 0. The summed E-state index contributed by atoms with van der Waals surface area (Å²) in [7, 11) is 3.38. The van der Waals surface area contributed by atoms with Crippen LogP contribution in [0.15, 0.2) is 133 Å². The lowest BCUT2D eigenvalue weighted by Crippen LogP contribution is -1.90. The number of methoxy groups -OCH3 is 2. The summed E-state index contributed by atoms with van der Waals surface area (Å²) in [5, 5.41) is 0. The maximum atomic E-state index is 5.36. The molecule has 0 bridgehead atoms. The van der Waals surface area contributed by atoms with Crippen molar-refractivity contribution in [2.45, 2.75) is 0 Å². The Hall–Kier alpha value is -4.82. The van der Waals surface area contributed by atoms with Gasteiger partial charge >= 0.3 is 0 Å². The smallest absolute Gasteiger partial charge is 0.118 e. The molecule has 38 heavy (non-hydrogen) atoms. The van der Waals surface area contributed by atoms with Crippen LogP contribution in [0.4, 0.5) is 0 Å². The zero-order valence-electron chi connectivity index (χ0n) is 21.7. The minimum absolute atomic E-state index is 0.850. The van der Waals surface area contributed by atoms with Gasteiger partial charge in [0.1, 0.15) is 11.5 Å². The molecular formula is C36H30O2. The highest BCUT2D eigenvalue weighted by atomic mass is 16.5. The van der Waals surface area contributed by atoms with Gasteiger partial charge in [-0.15, -0.1) is 0 Å². The maximum Gasteiger partial charge on any atom is 0.118 e. The predicted molar refractivity (Wildman–Crippen MR) is 159 cm³/mol. The second-order valence-electron chi connectivity index (χ2n) is 8.97. The average molecular weight is 495 g/mol. The Labute approximate surface area is 225 Å². The summed E-state index contributed by atoms with van der Waals surface area (Å²) in [6, 6.07) is 46.1. The van der Waals surface area contributed by atoms with Crippen molar-refractivity contribution >= 4 is 23.3 Å². The molecule has 0 unspecified atom stereocenters. The number of hydrogen-bond acceptors (Lipinski definition) is 2. The minimum atomic E-state index is 0.850. The fourth-order valence-electron chi connectivity index (χ4n) is 4.47. The van der Waals surface area contributed by atoms with Gasteiger partial charge in [-0.25, -0.2) is 0 Å². The van der Waals surface area contributed by atoms with Crippen molar-refractivity contribution in [2.24, 2.45) is 0 Å². The SMILES string of the molecule is COc1ccc(C(=Cc2ccc(C=C(c3ccccc3)c3ccc(OC)cc3)cc2)c2ccccc2)cc1. The van der Waals surface area contributed by atoms with Crippen LogP contribution >= 0.6 is 0 Å². The van der Waals surface area contributed by atoms with Crippen LogP contribution in [0.1, 0.15) is 33.4 Å². The van der Waals surface area contributed by atoms with Crippen LogP contribution in [0.25, 0.3) is 23.3 Å². The molecule has 0 saturated heterocycles. The van der Waals surface area contributed by atoms with E-state index < -0.39 is 0 Å². The van der Waals surface area contributed by atoms with Gasteiger partial charge in [0, 0.05) is 0 Å². The van der Waals surface area contributed by atoms with Crippen molar-refractivity contribution in [1.29, 1.82) is 0 Å². The molecule has 2 nitrogen and oxygen atoms in total. The fourth-order valence-corrected chi connectivity index (χ4v) is 4.47. The number of hydrogen-bond donors (Lipinski definition) is 0. The zero-order valence-corrected chi connectivity index (χ0v) is 21.7. The standard InChI is InChI=1S/C36H30O2/c1-37-33-21-17-31(18-22-33)35(29-9-5-3-6-10-29)25-27-13-15-28(16-14-27)26-36(30-11-7-4-8-12-30)32-19-23-34(38-2)24-20-32/h3-26H,1-2H3. The summed E-state index contributed by atoms with van der Waals surface area (Å²) in [6.45, 7) is 0. The van der Waals surface area contributed by atoms with Gasteiger partial charge in [-0.2, -0.15) is 0 Å². The molecule has 0 atom stereocenters. The Morgan fingerprint density at radius 2 is 0.711 bits per heavy atom. The molecule has 0 fully saturated rings. The monoisotopic (exact) mass is 494 g/mol. The van der Waals surface area contributed by atoms with Crippen LogP contribution in [0.2, 0.25) is 0 Å². The highest BCUT2D eigenvalue weighted by Gasteiger charge is 2.08. The summed E-state index contributed by atoms with van der Waals surface area (Å²) in [5.74, 6) is 1.70. The van der Waals surface area contributed by atoms with Gasteiger partial charge in [0.25, 0.3) is 0 Å². The molecule has 5 aromatic carbocycles. The first-order valence-electron chi connectivity index (χ1n) is 12.7. The molecule has 0 aliphatic rings. The molecule has 0 amide bonds. The van der Waals surface area contributed by atoms with Gasteiger partial charge in [-0.1, -0.05) is 109 Å². The van der Waals surface area contributed by atoms with Crippen LogP contribution in [-0.2, 0) is 0 Å². The van der Waals surface area contributed by atoms with Gasteiger partial charge in [0.2, 0.25) is 0 Å². The van der Waals surface area contributed by atoms with Crippen LogP contribution in [0.3, 0.4) is 0 Å². The first-order valence-corrected chi connectivity index (χ1v) is 12.7. The molecule has 0 aliphatic heterocycles. The third-order valence-electron chi connectivity index (χ3n) is 6.53. The van der Waals surface area contributed by atoms with Crippen molar-refractivity contribution < 1.29 is 9.47 Å². The van der Waals surface area contributed by atoms with E-state index in [0.29, 0.717) is 0 Å². The van der Waals surface area contributed by atoms with Gasteiger partial charge in [0.05, 0.1) is 14.2 Å². The van der Waals surface area contributed by atoms with Gasteiger partial charge in [0.15, 0.2) is 0 Å². The van der Waals surface area contributed by atoms with Gasteiger partial charge < -0.3 is 9.47 Å². The van der Waals surface area contributed by atoms with Gasteiger partial charge in [-0.05, 0) is 80.9 Å². The second-order valence-corrected chi connectivity index (χ2v) is 8.97. The van der Waals surface area contributed by atoms with E-state index >= 15 is 0 Å². The van der Waals surface area contributed by atoms with Crippen molar-refractivity contribution in [3.63, 3.8) is 0 Å². The van der Waals surface area contributed by atoms with Crippen LogP contribution in [0.5, 0.6) is 11.5 Å². The summed E-state index contributed by atoms with van der Waals surface area (Å²) in [6.07, 6.45) is 4.48. The Morgan fingerprint density at radius 3 is 1.03 bits per heavy atom. The van der Waals surface area contributed by atoms with E-state index in [9.17, 15) is 0 Å². The Kier molecular flexibility index (Phi) is 7.81. The first-order chi connectivity index (χ1) is 18.7. The van der Waals surface area contributed by atoms with E-state index in [0.717, 1.165) is 33.8 Å². The number of benzene rings is 5. The van der Waals surface area contributed by atoms with Crippen molar-refractivity contribution in [1.82, 2.24) is 0 Å². The second kappa shape index (κ2) is 11.9. The Balaban J connectivity index is 1.51. The first kappa shape index (κ1) is 24.9. The molecule has 5 aromatic rings. The van der Waals surface area contributed by atoms with Crippen molar-refractivity contribution in [2.75, 3.05) is 14.2 Å². The molecule has 0 N–H and O–H groups in total. The molecule has 0 radical (unpaired) electrons. The lowest BCUT2D eigenvalue weighted by atomic mass is 9.94.